The van der Waals surface area contributed by atoms with Crippen LogP contribution < -0.4 is 5.32 Å². The first-order chi connectivity index (χ1) is 12.2. The van der Waals surface area contributed by atoms with Crippen LogP contribution in [-0.2, 0) is 17.9 Å². The van der Waals surface area contributed by atoms with Crippen molar-refractivity contribution < 1.29 is 13.9 Å². The molecule has 0 aliphatic rings. The molecule has 0 unspecified atom stereocenters. The van der Waals surface area contributed by atoms with E-state index in [0.29, 0.717) is 30.0 Å². The molecule has 3 rings (SSSR count). The number of amides is 1. The first-order valence-corrected chi connectivity index (χ1v) is 7.68. The van der Waals surface area contributed by atoms with E-state index in [1.54, 1.807) is 31.4 Å². The molecule has 0 fully saturated rings. The van der Waals surface area contributed by atoms with E-state index >= 15 is 0 Å². The summed E-state index contributed by atoms with van der Waals surface area (Å²) in [6, 6.07) is 11.3. The van der Waals surface area contributed by atoms with Crippen LogP contribution >= 0.6 is 0 Å². The predicted molar refractivity (Wildman–Crippen MR) is 90.1 cm³/mol. The van der Waals surface area contributed by atoms with E-state index < -0.39 is 0 Å². The molecule has 0 aliphatic carbocycles. The summed E-state index contributed by atoms with van der Waals surface area (Å²) in [6.07, 6.45) is 1.47. The van der Waals surface area contributed by atoms with E-state index in [0.717, 1.165) is 11.4 Å². The molecule has 128 valence electrons. The van der Waals surface area contributed by atoms with E-state index in [-0.39, 0.29) is 11.7 Å². The summed E-state index contributed by atoms with van der Waals surface area (Å²) in [7, 11) is 1.59. The minimum atomic E-state index is -0.325. The van der Waals surface area contributed by atoms with Gasteiger partial charge >= 0.3 is 0 Å². The van der Waals surface area contributed by atoms with Gasteiger partial charge in [-0.2, -0.15) is 5.10 Å². The molecule has 0 saturated carbocycles. The number of aromatic amines is 1. The number of pyridine rings is 1. The van der Waals surface area contributed by atoms with Crippen LogP contribution in [0.5, 0.6) is 0 Å². The Labute approximate surface area is 144 Å². The molecule has 0 bridgehead atoms. The Morgan fingerprint density at radius 3 is 2.88 bits per heavy atom. The molecule has 0 saturated heterocycles. The molecule has 7 heteroatoms. The van der Waals surface area contributed by atoms with Gasteiger partial charge in [-0.1, -0.05) is 12.1 Å². The normalized spacial score (nSPS) is 10.6. The maximum Gasteiger partial charge on any atom is 0.253 e. The lowest BCUT2D eigenvalue weighted by molar-refractivity contribution is 0.0950. The Morgan fingerprint density at radius 2 is 2.16 bits per heavy atom. The number of nitrogens with one attached hydrogen (secondary N) is 2. The molecular weight excluding hydrogens is 323 g/mol. The largest absolute Gasteiger partial charge is 0.378 e. The van der Waals surface area contributed by atoms with E-state index in [4.69, 9.17) is 4.74 Å². The van der Waals surface area contributed by atoms with Crippen molar-refractivity contribution in [2.75, 3.05) is 7.11 Å². The summed E-state index contributed by atoms with van der Waals surface area (Å²) in [6.45, 7) is 0.733. The van der Waals surface area contributed by atoms with Gasteiger partial charge in [-0.25, -0.2) is 4.39 Å². The van der Waals surface area contributed by atoms with E-state index in [1.165, 1.54) is 18.3 Å². The maximum absolute atomic E-state index is 13.3. The number of nitrogens with zero attached hydrogens (tertiary/aromatic N) is 2. The Bertz CT molecular complexity index is 862. The smallest absolute Gasteiger partial charge is 0.253 e. The number of hydrogen-bond donors (Lipinski definition) is 2. The van der Waals surface area contributed by atoms with Crippen LogP contribution in [0.1, 0.15) is 21.7 Å². The Balaban J connectivity index is 1.62. The van der Waals surface area contributed by atoms with Gasteiger partial charge in [0.25, 0.3) is 5.91 Å². The van der Waals surface area contributed by atoms with E-state index in [1.807, 2.05) is 6.07 Å². The highest BCUT2D eigenvalue weighted by atomic mass is 19.1. The molecule has 1 aromatic carbocycles. The molecule has 0 atom stereocenters. The lowest BCUT2D eigenvalue weighted by Crippen LogP contribution is -2.23. The molecule has 2 aromatic heterocycles. The minimum Gasteiger partial charge on any atom is -0.378 e. The fourth-order valence-electron chi connectivity index (χ4n) is 2.35. The first kappa shape index (κ1) is 16.8. The van der Waals surface area contributed by atoms with Crippen LogP contribution in [0.4, 0.5) is 4.39 Å². The minimum absolute atomic E-state index is 0.249. The van der Waals surface area contributed by atoms with Crippen molar-refractivity contribution in [2.24, 2.45) is 0 Å². The third kappa shape index (κ3) is 4.27. The Kier molecular flexibility index (Phi) is 5.15. The number of carbonyl (C=O) groups is 1. The molecule has 25 heavy (non-hydrogen) atoms. The van der Waals surface area contributed by atoms with Crippen LogP contribution in [0.2, 0.25) is 0 Å². The third-order valence-corrected chi connectivity index (χ3v) is 3.56. The highest BCUT2D eigenvalue weighted by molar-refractivity contribution is 5.94. The van der Waals surface area contributed by atoms with Crippen molar-refractivity contribution in [3.8, 4) is 11.3 Å². The van der Waals surface area contributed by atoms with E-state index in [9.17, 15) is 9.18 Å². The second-order valence-corrected chi connectivity index (χ2v) is 5.44. The van der Waals surface area contributed by atoms with Crippen molar-refractivity contribution in [3.05, 3.63) is 71.4 Å². The Morgan fingerprint density at radius 1 is 1.28 bits per heavy atom. The average Bonchev–Trinajstić information content (AvgIpc) is 3.08. The SMILES string of the molecule is COCc1cc(CNC(=O)c2ccc(-c3cccc(F)c3)nc2)[nH]n1. The number of benzene rings is 1. The zero-order chi connectivity index (χ0) is 17.6. The predicted octanol–water partition coefficient (Wildman–Crippen LogP) is 2.69. The fourth-order valence-corrected chi connectivity index (χ4v) is 2.35. The van der Waals surface area contributed by atoms with Crippen molar-refractivity contribution in [2.45, 2.75) is 13.2 Å². The molecular formula is C18H17FN4O2. The summed E-state index contributed by atoms with van der Waals surface area (Å²) in [4.78, 5) is 16.4. The van der Waals surface area contributed by atoms with Crippen molar-refractivity contribution in [3.63, 3.8) is 0 Å². The number of carbonyl (C=O) groups excluding carboxylic acids is 1. The van der Waals surface area contributed by atoms with Gasteiger partial charge in [0.15, 0.2) is 0 Å². The van der Waals surface area contributed by atoms with Gasteiger partial charge in [-0.15, -0.1) is 0 Å². The highest BCUT2D eigenvalue weighted by Crippen LogP contribution is 2.17. The number of H-pyrrole nitrogens is 1. The number of aromatic nitrogens is 3. The van der Waals surface area contributed by atoms with Gasteiger partial charge in [-0.3, -0.25) is 14.9 Å². The van der Waals surface area contributed by atoms with Gasteiger partial charge in [0, 0.05) is 18.9 Å². The van der Waals surface area contributed by atoms with Gasteiger partial charge in [0.05, 0.1) is 35.8 Å². The zero-order valence-corrected chi connectivity index (χ0v) is 13.6. The number of rotatable bonds is 6. The van der Waals surface area contributed by atoms with Crippen molar-refractivity contribution in [1.29, 1.82) is 0 Å². The van der Waals surface area contributed by atoms with Gasteiger partial charge < -0.3 is 10.1 Å². The number of ether oxygens (including phenoxy) is 1. The molecule has 2 heterocycles. The summed E-state index contributed by atoms with van der Waals surface area (Å²) in [5.41, 5.74) is 3.25. The second kappa shape index (κ2) is 7.67. The van der Waals surface area contributed by atoms with Crippen molar-refractivity contribution in [1.82, 2.24) is 20.5 Å². The van der Waals surface area contributed by atoms with Crippen molar-refractivity contribution >= 4 is 5.91 Å². The molecule has 1 amide bonds. The van der Waals surface area contributed by atoms with Crippen LogP contribution in [-0.4, -0.2) is 28.2 Å². The summed E-state index contributed by atoms with van der Waals surface area (Å²) in [5, 5.41) is 9.69. The number of hydrogen-bond acceptors (Lipinski definition) is 4. The average molecular weight is 340 g/mol. The van der Waals surface area contributed by atoms with Gasteiger partial charge in [-0.05, 0) is 30.3 Å². The molecule has 0 radical (unpaired) electrons. The highest BCUT2D eigenvalue weighted by Gasteiger charge is 2.08. The number of halogens is 1. The molecule has 3 aromatic rings. The molecule has 6 nitrogen and oxygen atoms in total. The lowest BCUT2D eigenvalue weighted by atomic mass is 10.1. The monoisotopic (exact) mass is 340 g/mol. The van der Waals surface area contributed by atoms with Crippen LogP contribution in [0.15, 0.2) is 48.7 Å². The maximum atomic E-state index is 13.3. The van der Waals surface area contributed by atoms with Gasteiger partial charge in [0.2, 0.25) is 0 Å². The quantitative estimate of drug-likeness (QED) is 0.723. The number of methoxy groups -OCH3 is 1. The van der Waals surface area contributed by atoms with Crippen LogP contribution in [0.3, 0.4) is 0 Å². The topological polar surface area (TPSA) is 79.9 Å². The Hall–Kier alpha value is -3.06. The van der Waals surface area contributed by atoms with Crippen LogP contribution in [0, 0.1) is 5.82 Å². The molecule has 0 aliphatic heterocycles. The second-order valence-electron chi connectivity index (χ2n) is 5.44. The van der Waals surface area contributed by atoms with Crippen LogP contribution in [0.25, 0.3) is 11.3 Å². The first-order valence-electron chi connectivity index (χ1n) is 7.68. The standard InChI is InChI=1S/C18H17FN4O2/c1-25-11-16-8-15(22-23-16)10-21-18(24)13-5-6-17(20-9-13)12-3-2-4-14(19)7-12/h2-9H,10-11H2,1H3,(H,21,24)(H,22,23). The summed E-state index contributed by atoms with van der Waals surface area (Å²) in [5.74, 6) is -0.574. The van der Waals surface area contributed by atoms with E-state index in [2.05, 4.69) is 20.5 Å². The third-order valence-electron chi connectivity index (χ3n) is 3.56. The zero-order valence-electron chi connectivity index (χ0n) is 13.6. The lowest BCUT2D eigenvalue weighted by Gasteiger charge is -2.05. The fraction of sp³-hybridized carbons (Fsp3) is 0.167. The summed E-state index contributed by atoms with van der Waals surface area (Å²) < 4.78 is 18.3. The summed E-state index contributed by atoms with van der Waals surface area (Å²) >= 11 is 0. The molecule has 0 spiro atoms. The molecule has 2 N–H and O–H groups in total. The van der Waals surface area contributed by atoms with Gasteiger partial charge in [0.1, 0.15) is 5.82 Å².